The Hall–Kier alpha value is -2.75. The summed E-state index contributed by atoms with van der Waals surface area (Å²) in [4.78, 5) is 37.9. The Kier molecular flexibility index (Phi) is 3.82. The van der Waals surface area contributed by atoms with Gasteiger partial charge in [-0.1, -0.05) is 50.2 Å². The smallest absolute Gasteiger partial charge is 0.261 e. The number of benzene rings is 2. The zero-order valence-corrected chi connectivity index (χ0v) is 13.1. The van der Waals surface area contributed by atoms with Crippen molar-refractivity contribution in [2.75, 3.05) is 6.54 Å². The van der Waals surface area contributed by atoms with Crippen LogP contribution in [-0.4, -0.2) is 29.0 Å². The summed E-state index contributed by atoms with van der Waals surface area (Å²) in [5.74, 6) is -0.666. The van der Waals surface area contributed by atoms with Crippen LogP contribution >= 0.6 is 0 Å². The van der Waals surface area contributed by atoms with Crippen LogP contribution in [0.1, 0.15) is 56.4 Å². The SMILES string of the molecule is CC(C)c1ccc(C(=O)CN2C(=O)c3ccccc3C2=O)cc1. The molecule has 0 saturated heterocycles. The Morgan fingerprint density at radius 2 is 1.43 bits per heavy atom. The third kappa shape index (κ3) is 2.68. The molecule has 116 valence electrons. The van der Waals surface area contributed by atoms with E-state index >= 15 is 0 Å². The van der Waals surface area contributed by atoms with Gasteiger partial charge in [-0.25, -0.2) is 0 Å². The van der Waals surface area contributed by atoms with Gasteiger partial charge in [-0.05, 0) is 23.6 Å². The summed E-state index contributed by atoms with van der Waals surface area (Å²) in [5.41, 5.74) is 2.37. The minimum Gasteiger partial charge on any atom is -0.292 e. The second kappa shape index (κ2) is 5.80. The summed E-state index contributed by atoms with van der Waals surface area (Å²) in [5, 5.41) is 0. The lowest BCUT2D eigenvalue weighted by Crippen LogP contribution is -2.34. The lowest BCUT2D eigenvalue weighted by molar-refractivity contribution is 0.0624. The van der Waals surface area contributed by atoms with E-state index in [-0.39, 0.29) is 12.3 Å². The number of carbonyl (C=O) groups is 3. The molecule has 0 aliphatic carbocycles. The molecule has 0 fully saturated rings. The van der Waals surface area contributed by atoms with Crippen molar-refractivity contribution in [2.24, 2.45) is 0 Å². The van der Waals surface area contributed by atoms with E-state index in [0.29, 0.717) is 22.6 Å². The van der Waals surface area contributed by atoms with E-state index in [9.17, 15) is 14.4 Å². The van der Waals surface area contributed by atoms with E-state index in [1.54, 1.807) is 36.4 Å². The number of ketones is 1. The minimum absolute atomic E-state index is 0.229. The number of amides is 2. The van der Waals surface area contributed by atoms with Crippen LogP contribution in [0.3, 0.4) is 0 Å². The van der Waals surface area contributed by atoms with E-state index in [2.05, 4.69) is 13.8 Å². The molecule has 1 aliphatic rings. The van der Waals surface area contributed by atoms with Crippen molar-refractivity contribution in [2.45, 2.75) is 19.8 Å². The number of imide groups is 1. The number of hydrogen-bond donors (Lipinski definition) is 0. The number of hydrogen-bond acceptors (Lipinski definition) is 3. The molecule has 0 N–H and O–H groups in total. The molecule has 4 nitrogen and oxygen atoms in total. The molecule has 0 saturated carbocycles. The number of nitrogens with zero attached hydrogens (tertiary/aromatic N) is 1. The summed E-state index contributed by atoms with van der Waals surface area (Å²) >= 11 is 0. The highest BCUT2D eigenvalue weighted by molar-refractivity contribution is 6.23. The fraction of sp³-hybridized carbons (Fsp3) is 0.211. The Morgan fingerprint density at radius 1 is 0.913 bits per heavy atom. The summed E-state index contributed by atoms with van der Waals surface area (Å²) < 4.78 is 0. The van der Waals surface area contributed by atoms with Crippen LogP contribution < -0.4 is 0 Å². The average Bonchev–Trinajstić information content (AvgIpc) is 2.80. The Bertz CT molecular complexity index is 756. The van der Waals surface area contributed by atoms with Crippen LogP contribution in [0, 0.1) is 0 Å². The highest BCUT2D eigenvalue weighted by atomic mass is 16.2. The molecule has 4 heteroatoms. The topological polar surface area (TPSA) is 54.5 Å². The van der Waals surface area contributed by atoms with Gasteiger partial charge in [0, 0.05) is 5.56 Å². The van der Waals surface area contributed by atoms with Crippen molar-refractivity contribution in [1.82, 2.24) is 4.90 Å². The third-order valence-corrected chi connectivity index (χ3v) is 4.08. The molecule has 1 heterocycles. The van der Waals surface area contributed by atoms with Gasteiger partial charge in [0.15, 0.2) is 5.78 Å². The largest absolute Gasteiger partial charge is 0.292 e. The molecule has 3 rings (SSSR count). The Balaban J connectivity index is 1.79. The second-order valence-corrected chi connectivity index (χ2v) is 5.94. The molecular formula is C19H17NO3. The third-order valence-electron chi connectivity index (χ3n) is 4.08. The van der Waals surface area contributed by atoms with E-state index in [1.165, 1.54) is 0 Å². The molecule has 2 aromatic carbocycles. The van der Waals surface area contributed by atoms with Crippen LogP contribution in [0.15, 0.2) is 48.5 Å². The normalized spacial score (nSPS) is 13.6. The van der Waals surface area contributed by atoms with Crippen LogP contribution in [0.25, 0.3) is 0 Å². The summed E-state index contributed by atoms with van der Waals surface area (Å²) in [7, 11) is 0. The molecule has 1 aliphatic heterocycles. The number of rotatable bonds is 4. The standard InChI is InChI=1S/C19H17NO3/c1-12(2)13-7-9-14(10-8-13)17(21)11-20-18(22)15-5-3-4-6-16(15)19(20)23/h3-10,12H,11H2,1-2H3. The van der Waals surface area contributed by atoms with Gasteiger partial charge in [0.25, 0.3) is 11.8 Å². The predicted octanol–water partition coefficient (Wildman–Crippen LogP) is 3.29. The van der Waals surface area contributed by atoms with Gasteiger partial charge in [-0.2, -0.15) is 0 Å². The molecule has 2 aromatic rings. The van der Waals surface area contributed by atoms with Crippen LogP contribution in [0.5, 0.6) is 0 Å². The zero-order chi connectivity index (χ0) is 16.6. The minimum atomic E-state index is -0.405. The quantitative estimate of drug-likeness (QED) is 0.643. The average molecular weight is 307 g/mol. The molecule has 0 radical (unpaired) electrons. The molecule has 0 unspecified atom stereocenters. The van der Waals surface area contributed by atoms with Crippen LogP contribution in [0.2, 0.25) is 0 Å². The van der Waals surface area contributed by atoms with Gasteiger partial charge < -0.3 is 0 Å². The van der Waals surface area contributed by atoms with Crippen molar-refractivity contribution >= 4 is 17.6 Å². The molecular weight excluding hydrogens is 290 g/mol. The van der Waals surface area contributed by atoms with E-state index in [0.717, 1.165) is 10.5 Å². The van der Waals surface area contributed by atoms with Crippen LogP contribution in [0.4, 0.5) is 0 Å². The number of fused-ring (bicyclic) bond motifs is 1. The lowest BCUT2D eigenvalue weighted by atomic mass is 10.0. The predicted molar refractivity (Wildman–Crippen MR) is 86.7 cm³/mol. The van der Waals surface area contributed by atoms with Gasteiger partial charge in [0.05, 0.1) is 17.7 Å². The van der Waals surface area contributed by atoms with Crippen molar-refractivity contribution in [3.05, 3.63) is 70.8 Å². The monoisotopic (exact) mass is 307 g/mol. The first-order valence-corrected chi connectivity index (χ1v) is 7.57. The first kappa shape index (κ1) is 15.2. The van der Waals surface area contributed by atoms with E-state index in [1.807, 2.05) is 12.1 Å². The van der Waals surface area contributed by atoms with Gasteiger partial charge in [-0.3, -0.25) is 19.3 Å². The molecule has 2 amide bonds. The number of Topliss-reactive ketones (excluding diaryl/α,β-unsaturated/α-hetero) is 1. The van der Waals surface area contributed by atoms with Gasteiger partial charge >= 0.3 is 0 Å². The molecule has 0 aromatic heterocycles. The zero-order valence-electron chi connectivity index (χ0n) is 13.1. The molecule has 0 spiro atoms. The maximum Gasteiger partial charge on any atom is 0.261 e. The van der Waals surface area contributed by atoms with Crippen molar-refractivity contribution in [1.29, 1.82) is 0 Å². The van der Waals surface area contributed by atoms with Crippen LogP contribution in [-0.2, 0) is 0 Å². The van der Waals surface area contributed by atoms with E-state index in [4.69, 9.17) is 0 Å². The lowest BCUT2D eigenvalue weighted by Gasteiger charge is -2.13. The Labute approximate surface area is 134 Å². The Morgan fingerprint density at radius 3 is 1.91 bits per heavy atom. The fourth-order valence-electron chi connectivity index (χ4n) is 2.67. The van der Waals surface area contributed by atoms with Crippen molar-refractivity contribution < 1.29 is 14.4 Å². The maximum atomic E-state index is 12.4. The van der Waals surface area contributed by atoms with Gasteiger partial charge in [-0.15, -0.1) is 0 Å². The molecule has 0 bridgehead atoms. The van der Waals surface area contributed by atoms with Gasteiger partial charge in [0.2, 0.25) is 0 Å². The molecule has 0 atom stereocenters. The second-order valence-electron chi connectivity index (χ2n) is 5.94. The van der Waals surface area contributed by atoms with Gasteiger partial charge in [0.1, 0.15) is 0 Å². The highest BCUT2D eigenvalue weighted by Crippen LogP contribution is 2.23. The molecule has 23 heavy (non-hydrogen) atoms. The fourth-order valence-corrected chi connectivity index (χ4v) is 2.67. The van der Waals surface area contributed by atoms with E-state index < -0.39 is 11.8 Å². The maximum absolute atomic E-state index is 12.4. The summed E-state index contributed by atoms with van der Waals surface area (Å²) in [6.07, 6.45) is 0. The summed E-state index contributed by atoms with van der Waals surface area (Å²) in [6.45, 7) is 3.93. The van der Waals surface area contributed by atoms with Crippen molar-refractivity contribution in [3.63, 3.8) is 0 Å². The first-order valence-electron chi connectivity index (χ1n) is 7.57. The number of carbonyl (C=O) groups excluding carboxylic acids is 3. The summed E-state index contributed by atoms with van der Waals surface area (Å²) in [6, 6.07) is 13.9. The highest BCUT2D eigenvalue weighted by Gasteiger charge is 2.36. The first-order chi connectivity index (χ1) is 11.0. The van der Waals surface area contributed by atoms with Crippen molar-refractivity contribution in [3.8, 4) is 0 Å².